The van der Waals surface area contributed by atoms with Crippen molar-refractivity contribution in [3.63, 3.8) is 0 Å². The van der Waals surface area contributed by atoms with Crippen LogP contribution in [0.15, 0.2) is 53.4 Å². The lowest BCUT2D eigenvalue weighted by molar-refractivity contribution is -0.890. The molecule has 0 aromatic heterocycles. The van der Waals surface area contributed by atoms with Crippen LogP contribution < -0.4 is 19.3 Å². The van der Waals surface area contributed by atoms with E-state index in [1.54, 1.807) is 31.4 Å². The van der Waals surface area contributed by atoms with Crippen molar-refractivity contribution in [3.05, 3.63) is 54.1 Å². The molecule has 2 aromatic carbocycles. The molecule has 0 aliphatic heterocycles. The lowest BCUT2D eigenvalue weighted by Gasteiger charge is -2.23. The van der Waals surface area contributed by atoms with Crippen LogP contribution in [0.25, 0.3) is 0 Å². The van der Waals surface area contributed by atoms with E-state index in [9.17, 15) is 8.42 Å². The fraction of sp³-hybridized carbons (Fsp3) is 0.368. The Morgan fingerprint density at radius 2 is 1.62 bits per heavy atom. The highest BCUT2D eigenvalue weighted by molar-refractivity contribution is 7.89. The van der Waals surface area contributed by atoms with E-state index in [2.05, 4.69) is 16.9 Å². The van der Waals surface area contributed by atoms with E-state index in [0.29, 0.717) is 12.3 Å². The smallest absolute Gasteiger partial charge is 0.240 e. The van der Waals surface area contributed by atoms with Crippen LogP contribution in [-0.2, 0) is 10.0 Å². The van der Waals surface area contributed by atoms with E-state index in [1.165, 1.54) is 0 Å². The zero-order valence-electron chi connectivity index (χ0n) is 16.0. The monoisotopic (exact) mass is 378 g/mol. The molecule has 6 nitrogen and oxygen atoms in total. The summed E-state index contributed by atoms with van der Waals surface area (Å²) in [5.41, 5.74) is 2.20. The quantitative estimate of drug-likeness (QED) is 0.717. The van der Waals surface area contributed by atoms with Gasteiger partial charge >= 0.3 is 0 Å². The third-order valence-electron chi connectivity index (χ3n) is 4.36. The second-order valence-electron chi connectivity index (χ2n) is 6.64. The highest BCUT2D eigenvalue weighted by Gasteiger charge is 2.22. The second kappa shape index (κ2) is 8.53. The second-order valence-corrected chi connectivity index (χ2v) is 8.41. The van der Waals surface area contributed by atoms with Crippen molar-refractivity contribution in [1.82, 2.24) is 4.72 Å². The van der Waals surface area contributed by atoms with Gasteiger partial charge < -0.3 is 14.5 Å². The number of nitrogens with one attached hydrogen (secondary N) is 2. The predicted molar refractivity (Wildman–Crippen MR) is 105 cm³/mol. The summed E-state index contributed by atoms with van der Waals surface area (Å²) < 4.78 is 32.9. The van der Waals surface area contributed by atoms with Crippen molar-refractivity contribution in [1.29, 1.82) is 0 Å². The summed E-state index contributed by atoms with van der Waals surface area (Å²) in [6.45, 7) is 0.317. The number of benzene rings is 2. The maximum atomic E-state index is 12.6. The first-order valence-corrected chi connectivity index (χ1v) is 9.94. The molecule has 0 unspecified atom stereocenters. The van der Waals surface area contributed by atoms with Crippen LogP contribution in [0.5, 0.6) is 5.75 Å². The van der Waals surface area contributed by atoms with Gasteiger partial charge in [-0.3, -0.25) is 0 Å². The number of anilines is 1. The fourth-order valence-electron chi connectivity index (χ4n) is 2.69. The number of likely N-dealkylation sites (N-methyl/N-ethyl adjacent to an activating group) is 1. The first-order valence-electron chi connectivity index (χ1n) is 8.45. The van der Waals surface area contributed by atoms with Crippen LogP contribution in [-0.4, -0.2) is 50.3 Å². The van der Waals surface area contributed by atoms with Crippen LogP contribution in [0.4, 0.5) is 5.69 Å². The molecule has 0 radical (unpaired) electrons. The number of rotatable bonds is 8. The number of ether oxygens (including phenoxy) is 1. The van der Waals surface area contributed by atoms with Crippen LogP contribution in [0.2, 0.25) is 0 Å². The standard InChI is InChI=1S/C19H27N3O3S/c1-21(2)16-8-6-15(7-9-16)19(22(3)4)14-20-26(23,24)18-12-10-17(25-5)11-13-18/h6-13,19-20H,14H2,1-5H3/p+1/t19-/m0/s1. The van der Waals surface area contributed by atoms with E-state index in [-0.39, 0.29) is 10.9 Å². The lowest BCUT2D eigenvalue weighted by Crippen LogP contribution is -3.07. The Morgan fingerprint density at radius 3 is 2.08 bits per heavy atom. The summed E-state index contributed by atoms with van der Waals surface area (Å²) >= 11 is 0. The Balaban J connectivity index is 2.14. The first kappa shape index (κ1) is 20.2. The Morgan fingerprint density at radius 1 is 1.04 bits per heavy atom. The molecule has 0 aliphatic carbocycles. The maximum absolute atomic E-state index is 12.6. The largest absolute Gasteiger partial charge is 0.497 e. The average molecular weight is 379 g/mol. The fourth-order valence-corrected chi connectivity index (χ4v) is 3.74. The minimum Gasteiger partial charge on any atom is -0.497 e. The molecule has 142 valence electrons. The van der Waals surface area contributed by atoms with Gasteiger partial charge in [-0.05, 0) is 36.4 Å². The van der Waals surface area contributed by atoms with Crippen molar-refractivity contribution in [2.24, 2.45) is 0 Å². The molecule has 0 aliphatic rings. The molecule has 7 heteroatoms. The molecule has 0 fully saturated rings. The van der Waals surface area contributed by atoms with Gasteiger partial charge in [0, 0.05) is 25.3 Å². The van der Waals surface area contributed by atoms with E-state index in [4.69, 9.17) is 4.74 Å². The highest BCUT2D eigenvalue weighted by atomic mass is 32.2. The Hall–Kier alpha value is -2.09. The molecular weight excluding hydrogens is 350 g/mol. The van der Waals surface area contributed by atoms with Gasteiger partial charge in [0.25, 0.3) is 0 Å². The number of hydrogen-bond acceptors (Lipinski definition) is 4. The van der Waals surface area contributed by atoms with Crippen LogP contribution in [0.3, 0.4) is 0 Å². The summed E-state index contributed by atoms with van der Waals surface area (Å²) in [5, 5.41) is 0. The van der Waals surface area contributed by atoms with E-state index in [0.717, 1.165) is 16.2 Å². The van der Waals surface area contributed by atoms with E-state index in [1.807, 2.05) is 45.2 Å². The minimum atomic E-state index is -3.57. The van der Waals surface area contributed by atoms with Crippen molar-refractivity contribution in [2.45, 2.75) is 10.9 Å². The summed E-state index contributed by atoms with van der Waals surface area (Å²) in [6.07, 6.45) is 0. The molecule has 0 bridgehead atoms. The van der Waals surface area contributed by atoms with Crippen molar-refractivity contribution in [2.75, 3.05) is 46.7 Å². The van der Waals surface area contributed by atoms with Crippen molar-refractivity contribution < 1.29 is 18.1 Å². The molecule has 0 heterocycles. The molecule has 2 rings (SSSR count). The number of nitrogens with zero attached hydrogens (tertiary/aromatic N) is 1. The molecule has 0 spiro atoms. The SMILES string of the molecule is COc1ccc(S(=O)(=O)NC[C@@H](c2ccc(N(C)C)cc2)[NH+](C)C)cc1. The number of sulfonamides is 1. The first-order chi connectivity index (χ1) is 12.2. The molecule has 2 aromatic rings. The maximum Gasteiger partial charge on any atom is 0.240 e. The van der Waals surface area contributed by atoms with E-state index >= 15 is 0 Å². The molecule has 26 heavy (non-hydrogen) atoms. The average Bonchev–Trinajstić information content (AvgIpc) is 2.62. The third-order valence-corrected chi connectivity index (χ3v) is 5.80. The topological polar surface area (TPSA) is 63.1 Å². The van der Waals surface area contributed by atoms with Crippen LogP contribution in [0, 0.1) is 0 Å². The molecular formula is C19H28N3O3S+. The Bertz CT molecular complexity index is 801. The molecule has 1 atom stereocenters. The van der Waals surface area contributed by atoms with Gasteiger partial charge in [0.05, 0.1) is 32.6 Å². The zero-order valence-corrected chi connectivity index (χ0v) is 16.8. The van der Waals surface area contributed by atoms with Crippen molar-refractivity contribution >= 4 is 15.7 Å². The van der Waals surface area contributed by atoms with Crippen LogP contribution in [0.1, 0.15) is 11.6 Å². The Kier molecular flexibility index (Phi) is 6.63. The minimum absolute atomic E-state index is 0.0132. The van der Waals surface area contributed by atoms with Crippen molar-refractivity contribution in [3.8, 4) is 5.75 Å². The summed E-state index contributed by atoms with van der Waals surface area (Å²) in [5.74, 6) is 0.626. The number of hydrogen-bond donors (Lipinski definition) is 2. The normalized spacial score (nSPS) is 12.8. The summed E-state index contributed by atoms with van der Waals surface area (Å²) in [6, 6.07) is 14.6. The predicted octanol–water partition coefficient (Wildman–Crippen LogP) is 0.925. The van der Waals surface area contributed by atoms with Crippen LogP contribution >= 0.6 is 0 Å². The van der Waals surface area contributed by atoms with Gasteiger partial charge in [-0.15, -0.1) is 0 Å². The number of quaternary nitrogens is 1. The highest BCUT2D eigenvalue weighted by Crippen LogP contribution is 2.18. The molecule has 0 saturated heterocycles. The van der Waals surface area contributed by atoms with Gasteiger partial charge in [0.15, 0.2) is 0 Å². The Labute approximate surface area is 156 Å². The third kappa shape index (κ3) is 4.97. The van der Waals surface area contributed by atoms with Gasteiger partial charge in [0.2, 0.25) is 10.0 Å². The van der Waals surface area contributed by atoms with Gasteiger partial charge in [-0.1, -0.05) is 12.1 Å². The van der Waals surface area contributed by atoms with Gasteiger partial charge in [-0.2, -0.15) is 0 Å². The zero-order chi connectivity index (χ0) is 19.3. The molecule has 0 amide bonds. The number of methoxy groups -OCH3 is 1. The summed E-state index contributed by atoms with van der Waals surface area (Å²) in [7, 11) is 6.00. The molecule has 2 N–H and O–H groups in total. The lowest BCUT2D eigenvalue weighted by atomic mass is 10.1. The van der Waals surface area contributed by atoms with Gasteiger partial charge in [0.1, 0.15) is 11.8 Å². The van der Waals surface area contributed by atoms with E-state index < -0.39 is 10.0 Å². The molecule has 0 saturated carbocycles. The van der Waals surface area contributed by atoms with Gasteiger partial charge in [-0.25, -0.2) is 13.1 Å². The summed E-state index contributed by atoms with van der Waals surface area (Å²) in [4.78, 5) is 3.42.